The lowest BCUT2D eigenvalue weighted by molar-refractivity contribution is 0.0589. The molecule has 1 aromatic carbocycles. The number of anilines is 1. The summed E-state index contributed by atoms with van der Waals surface area (Å²) in [5.74, 6) is -2.70. The van der Waals surface area contributed by atoms with Crippen LogP contribution < -0.4 is 5.32 Å². The minimum atomic E-state index is -0.986. The first-order chi connectivity index (χ1) is 7.15. The zero-order chi connectivity index (χ0) is 11.0. The maximum atomic E-state index is 13.7. The molecular formula is C10H9F2NO2. The van der Waals surface area contributed by atoms with E-state index in [1.54, 1.807) is 0 Å². The van der Waals surface area contributed by atoms with Crippen molar-refractivity contribution >= 4 is 11.7 Å². The predicted octanol–water partition coefficient (Wildman–Crippen LogP) is 1.72. The molecular weight excluding hydrogens is 204 g/mol. The Kier molecular flexibility index (Phi) is 2.30. The highest BCUT2D eigenvalue weighted by atomic mass is 19.1. The van der Waals surface area contributed by atoms with E-state index in [2.05, 4.69) is 10.1 Å². The fourth-order valence-corrected chi connectivity index (χ4v) is 1.67. The second-order valence-corrected chi connectivity index (χ2v) is 3.24. The van der Waals surface area contributed by atoms with E-state index < -0.39 is 23.2 Å². The van der Waals surface area contributed by atoms with Gasteiger partial charge in [0.2, 0.25) is 0 Å². The van der Waals surface area contributed by atoms with Crippen LogP contribution in [0, 0.1) is 11.6 Å². The molecule has 0 saturated heterocycles. The molecule has 1 aliphatic heterocycles. The monoisotopic (exact) mass is 213 g/mol. The molecule has 5 heteroatoms. The van der Waals surface area contributed by atoms with Gasteiger partial charge in [0.25, 0.3) is 0 Å². The number of benzene rings is 1. The second kappa shape index (κ2) is 3.49. The fraction of sp³-hybridized carbons (Fsp3) is 0.300. The van der Waals surface area contributed by atoms with Crippen molar-refractivity contribution in [3.63, 3.8) is 0 Å². The number of nitrogens with one attached hydrogen (secondary N) is 1. The Hall–Kier alpha value is -1.65. The number of hydrogen-bond donors (Lipinski definition) is 1. The molecule has 80 valence electrons. The van der Waals surface area contributed by atoms with E-state index >= 15 is 0 Å². The van der Waals surface area contributed by atoms with Gasteiger partial charge in [-0.2, -0.15) is 0 Å². The van der Waals surface area contributed by atoms with Crippen LogP contribution in [-0.4, -0.2) is 19.6 Å². The summed E-state index contributed by atoms with van der Waals surface area (Å²) < 4.78 is 31.4. The number of esters is 1. The van der Waals surface area contributed by atoms with Gasteiger partial charge in [-0.05, 0) is 12.5 Å². The largest absolute Gasteiger partial charge is 0.465 e. The molecule has 0 unspecified atom stereocenters. The van der Waals surface area contributed by atoms with Crippen molar-refractivity contribution in [1.29, 1.82) is 0 Å². The summed E-state index contributed by atoms with van der Waals surface area (Å²) in [7, 11) is 1.09. The number of carbonyl (C=O) groups is 1. The summed E-state index contributed by atoms with van der Waals surface area (Å²) >= 11 is 0. The maximum absolute atomic E-state index is 13.7. The van der Waals surface area contributed by atoms with Gasteiger partial charge in [-0.1, -0.05) is 0 Å². The van der Waals surface area contributed by atoms with Crippen molar-refractivity contribution in [2.24, 2.45) is 0 Å². The topological polar surface area (TPSA) is 38.3 Å². The van der Waals surface area contributed by atoms with E-state index in [9.17, 15) is 13.6 Å². The molecule has 0 bridgehead atoms. The first-order valence-corrected chi connectivity index (χ1v) is 4.48. The molecule has 1 heterocycles. The van der Waals surface area contributed by atoms with Gasteiger partial charge in [-0.15, -0.1) is 0 Å². The van der Waals surface area contributed by atoms with Gasteiger partial charge in [0.15, 0.2) is 0 Å². The van der Waals surface area contributed by atoms with Crippen molar-refractivity contribution in [3.05, 3.63) is 28.8 Å². The molecule has 0 atom stereocenters. The minimum absolute atomic E-state index is 0.344. The van der Waals surface area contributed by atoms with Crippen LogP contribution in [0.1, 0.15) is 15.9 Å². The molecule has 15 heavy (non-hydrogen) atoms. The second-order valence-electron chi connectivity index (χ2n) is 3.24. The van der Waals surface area contributed by atoms with Crippen LogP contribution in [0.3, 0.4) is 0 Å². The zero-order valence-electron chi connectivity index (χ0n) is 8.06. The summed E-state index contributed by atoms with van der Waals surface area (Å²) in [4.78, 5) is 11.1. The molecule has 0 amide bonds. The molecule has 0 aromatic heterocycles. The average Bonchev–Trinajstić information content (AvgIpc) is 2.65. The lowest BCUT2D eigenvalue weighted by Crippen LogP contribution is -2.09. The predicted molar refractivity (Wildman–Crippen MR) is 49.9 cm³/mol. The third-order valence-electron chi connectivity index (χ3n) is 2.40. The van der Waals surface area contributed by atoms with Gasteiger partial charge < -0.3 is 10.1 Å². The smallest absolute Gasteiger partial charge is 0.343 e. The summed E-state index contributed by atoms with van der Waals surface area (Å²) in [6.07, 6.45) is 0.450. The first-order valence-electron chi connectivity index (χ1n) is 4.48. The number of methoxy groups -OCH3 is 1. The Balaban J connectivity index is 2.61. The van der Waals surface area contributed by atoms with E-state index in [-0.39, 0.29) is 0 Å². The van der Waals surface area contributed by atoms with Crippen LogP contribution in [0.4, 0.5) is 14.5 Å². The molecule has 0 aliphatic carbocycles. The highest BCUT2D eigenvalue weighted by molar-refractivity contribution is 5.91. The lowest BCUT2D eigenvalue weighted by atomic mass is 10.1. The van der Waals surface area contributed by atoms with Crippen molar-refractivity contribution in [2.45, 2.75) is 6.42 Å². The van der Waals surface area contributed by atoms with Crippen LogP contribution in [0.2, 0.25) is 0 Å². The highest BCUT2D eigenvalue weighted by Crippen LogP contribution is 2.29. The normalized spacial score (nSPS) is 13.3. The van der Waals surface area contributed by atoms with Crippen LogP contribution in [0.15, 0.2) is 6.07 Å². The number of ether oxygens (including phenoxy) is 1. The van der Waals surface area contributed by atoms with Crippen LogP contribution in [-0.2, 0) is 11.2 Å². The number of fused-ring (bicyclic) bond motifs is 1. The van der Waals surface area contributed by atoms with Crippen LogP contribution in [0.25, 0.3) is 0 Å². The Labute approximate surface area is 85.0 Å². The van der Waals surface area contributed by atoms with E-state index in [0.717, 1.165) is 13.2 Å². The van der Waals surface area contributed by atoms with Gasteiger partial charge in [-0.3, -0.25) is 0 Å². The minimum Gasteiger partial charge on any atom is -0.465 e. The Morgan fingerprint density at radius 3 is 2.93 bits per heavy atom. The standard InChI is InChI=1S/C10H9F2NO2/c1-15-10(14)8-6(11)4-7-5(9(8)12)2-3-13-7/h4,13H,2-3H2,1H3. The maximum Gasteiger partial charge on any atom is 0.343 e. The fourth-order valence-electron chi connectivity index (χ4n) is 1.67. The van der Waals surface area contributed by atoms with Crippen molar-refractivity contribution in [2.75, 3.05) is 19.0 Å². The lowest BCUT2D eigenvalue weighted by Gasteiger charge is -2.07. The summed E-state index contributed by atoms with van der Waals surface area (Å²) in [5, 5.41) is 2.83. The first kappa shape index (κ1) is 9.89. The number of halogens is 2. The number of carbonyl (C=O) groups excluding carboxylic acids is 1. The van der Waals surface area contributed by atoms with Gasteiger partial charge in [0, 0.05) is 17.8 Å². The Bertz CT molecular complexity index is 432. The van der Waals surface area contributed by atoms with Crippen LogP contribution in [0.5, 0.6) is 0 Å². The third-order valence-corrected chi connectivity index (χ3v) is 2.40. The molecule has 1 N–H and O–H groups in total. The van der Waals surface area contributed by atoms with Gasteiger partial charge in [0.05, 0.1) is 7.11 Å². The third kappa shape index (κ3) is 1.44. The Morgan fingerprint density at radius 1 is 1.53 bits per heavy atom. The molecule has 1 aromatic rings. The van der Waals surface area contributed by atoms with Crippen LogP contribution >= 0.6 is 0 Å². The van der Waals surface area contributed by atoms with Gasteiger partial charge >= 0.3 is 5.97 Å². The number of rotatable bonds is 1. The molecule has 2 rings (SSSR count). The highest BCUT2D eigenvalue weighted by Gasteiger charge is 2.26. The molecule has 0 radical (unpaired) electrons. The summed E-state index contributed by atoms with van der Waals surface area (Å²) in [6, 6.07) is 1.12. The molecule has 0 spiro atoms. The van der Waals surface area contributed by atoms with Crippen molar-refractivity contribution in [1.82, 2.24) is 0 Å². The van der Waals surface area contributed by atoms with Crippen molar-refractivity contribution in [3.8, 4) is 0 Å². The van der Waals surface area contributed by atoms with E-state index in [0.29, 0.717) is 24.2 Å². The molecule has 3 nitrogen and oxygen atoms in total. The van der Waals surface area contributed by atoms with E-state index in [1.807, 2.05) is 0 Å². The zero-order valence-corrected chi connectivity index (χ0v) is 8.06. The average molecular weight is 213 g/mol. The molecule has 0 saturated carbocycles. The Morgan fingerprint density at radius 2 is 2.27 bits per heavy atom. The van der Waals surface area contributed by atoms with Gasteiger partial charge in [-0.25, -0.2) is 13.6 Å². The molecule has 0 fully saturated rings. The summed E-state index contributed by atoms with van der Waals surface area (Å²) in [5.41, 5.74) is 0.148. The van der Waals surface area contributed by atoms with E-state index in [1.165, 1.54) is 0 Å². The van der Waals surface area contributed by atoms with Crippen molar-refractivity contribution < 1.29 is 18.3 Å². The quantitative estimate of drug-likeness (QED) is 0.722. The number of hydrogen-bond acceptors (Lipinski definition) is 3. The summed E-state index contributed by atoms with van der Waals surface area (Å²) in [6.45, 7) is 0.552. The van der Waals surface area contributed by atoms with Gasteiger partial charge in [0.1, 0.15) is 17.2 Å². The SMILES string of the molecule is COC(=O)c1c(F)cc2c(c1F)CCN2. The molecule has 1 aliphatic rings. The van der Waals surface area contributed by atoms with E-state index in [4.69, 9.17) is 0 Å².